The molecule has 1 aromatic rings. The number of piperazine rings is 1. The molecule has 28 heavy (non-hydrogen) atoms. The normalized spacial score (nSPS) is 22.1. The zero-order valence-corrected chi connectivity index (χ0v) is 17.9. The minimum atomic E-state index is 0. The van der Waals surface area contributed by atoms with Gasteiger partial charge in [0.2, 0.25) is 11.8 Å². The van der Waals surface area contributed by atoms with E-state index in [-0.39, 0.29) is 42.7 Å². The van der Waals surface area contributed by atoms with Crippen molar-refractivity contribution >= 4 is 36.6 Å². The van der Waals surface area contributed by atoms with E-state index < -0.39 is 0 Å². The van der Waals surface area contributed by atoms with Crippen LogP contribution >= 0.6 is 24.8 Å². The Kier molecular flexibility index (Phi) is 10.8. The molecule has 1 aliphatic heterocycles. The first-order valence-electron chi connectivity index (χ1n) is 9.68. The third kappa shape index (κ3) is 7.24. The molecule has 1 saturated heterocycles. The van der Waals surface area contributed by atoms with Gasteiger partial charge in [0.15, 0.2) is 0 Å². The molecule has 1 heterocycles. The van der Waals surface area contributed by atoms with Crippen molar-refractivity contribution < 1.29 is 9.59 Å². The number of carbonyl (C=O) groups is 2. The zero-order chi connectivity index (χ0) is 18.4. The molecule has 8 heteroatoms. The van der Waals surface area contributed by atoms with Gasteiger partial charge in [-0.15, -0.1) is 24.8 Å². The Morgan fingerprint density at radius 1 is 1.04 bits per heavy atom. The molecule has 1 aromatic carbocycles. The van der Waals surface area contributed by atoms with E-state index in [4.69, 9.17) is 5.73 Å². The Labute approximate surface area is 180 Å². The van der Waals surface area contributed by atoms with E-state index >= 15 is 0 Å². The van der Waals surface area contributed by atoms with Crippen LogP contribution in [0.3, 0.4) is 0 Å². The second-order valence-corrected chi connectivity index (χ2v) is 7.48. The summed E-state index contributed by atoms with van der Waals surface area (Å²) in [4.78, 5) is 28.6. The second-order valence-electron chi connectivity index (χ2n) is 7.48. The number of nitrogens with zero attached hydrogens (tertiary/aromatic N) is 2. The number of hydrogen-bond donors (Lipinski definition) is 2. The van der Waals surface area contributed by atoms with Crippen LogP contribution in [-0.2, 0) is 16.1 Å². The highest BCUT2D eigenvalue weighted by Crippen LogP contribution is 2.27. The number of benzene rings is 1. The summed E-state index contributed by atoms with van der Waals surface area (Å²) in [6.07, 6.45) is 3.85. The molecule has 0 aromatic heterocycles. The summed E-state index contributed by atoms with van der Waals surface area (Å²) in [7, 11) is 0. The number of nitrogens with one attached hydrogen (secondary N) is 1. The molecule has 0 unspecified atom stereocenters. The second kappa shape index (κ2) is 12.3. The summed E-state index contributed by atoms with van der Waals surface area (Å²) < 4.78 is 0. The zero-order valence-electron chi connectivity index (χ0n) is 16.2. The van der Waals surface area contributed by atoms with Gasteiger partial charge in [-0.3, -0.25) is 14.5 Å². The fourth-order valence-electron chi connectivity index (χ4n) is 3.88. The Balaban J connectivity index is 0.00000196. The van der Waals surface area contributed by atoms with Gasteiger partial charge in [0.25, 0.3) is 0 Å². The molecular weight excluding hydrogens is 399 g/mol. The first kappa shape index (κ1) is 24.7. The monoisotopic (exact) mass is 430 g/mol. The van der Waals surface area contributed by atoms with Gasteiger partial charge in [-0.25, -0.2) is 0 Å². The van der Waals surface area contributed by atoms with Crippen molar-refractivity contribution in [1.29, 1.82) is 0 Å². The van der Waals surface area contributed by atoms with Crippen LogP contribution in [0.4, 0.5) is 0 Å². The van der Waals surface area contributed by atoms with Gasteiger partial charge in [0, 0.05) is 45.2 Å². The summed E-state index contributed by atoms with van der Waals surface area (Å²) in [6.45, 7) is 3.85. The maximum Gasteiger partial charge on any atom is 0.234 e. The third-order valence-corrected chi connectivity index (χ3v) is 5.58. The van der Waals surface area contributed by atoms with Crippen LogP contribution < -0.4 is 11.1 Å². The number of carbonyl (C=O) groups excluding carboxylic acids is 2. The Hall–Kier alpha value is -1.34. The minimum Gasteiger partial charge on any atom is -0.351 e. The predicted molar refractivity (Wildman–Crippen MR) is 116 cm³/mol. The van der Waals surface area contributed by atoms with E-state index in [0.717, 1.165) is 37.9 Å². The lowest BCUT2D eigenvalue weighted by atomic mass is 9.99. The molecule has 2 aliphatic rings. The topological polar surface area (TPSA) is 78.7 Å². The Morgan fingerprint density at radius 3 is 2.32 bits per heavy atom. The van der Waals surface area contributed by atoms with Crippen molar-refractivity contribution in [2.24, 2.45) is 11.7 Å². The minimum absolute atomic E-state index is 0. The molecule has 2 fully saturated rings. The van der Waals surface area contributed by atoms with Crippen LogP contribution in [0.2, 0.25) is 0 Å². The summed E-state index contributed by atoms with van der Waals surface area (Å²) >= 11 is 0. The van der Waals surface area contributed by atoms with Gasteiger partial charge in [-0.1, -0.05) is 36.8 Å². The maximum atomic E-state index is 12.5. The lowest BCUT2D eigenvalue weighted by molar-refractivity contribution is -0.134. The molecular formula is C20H32Cl2N4O2. The molecule has 3 N–H and O–H groups in total. The van der Waals surface area contributed by atoms with Crippen LogP contribution in [0.25, 0.3) is 0 Å². The summed E-state index contributed by atoms with van der Waals surface area (Å²) in [5.74, 6) is 0.607. The summed E-state index contributed by atoms with van der Waals surface area (Å²) in [5.41, 5.74) is 7.18. The van der Waals surface area contributed by atoms with Crippen molar-refractivity contribution in [2.45, 2.75) is 38.3 Å². The molecule has 158 valence electrons. The Bertz CT molecular complexity index is 609. The summed E-state index contributed by atoms with van der Waals surface area (Å²) in [6, 6.07) is 10.1. The quantitative estimate of drug-likeness (QED) is 0.720. The molecule has 2 atom stereocenters. The SMILES string of the molecule is Cl.Cl.N[C@@H]1CCC[C@H]1CC(=O)N1CCN(CC(=O)NCc2ccccc2)CC1. The van der Waals surface area contributed by atoms with Gasteiger partial charge in [-0.05, 0) is 24.3 Å². The van der Waals surface area contributed by atoms with E-state index in [2.05, 4.69) is 10.2 Å². The first-order chi connectivity index (χ1) is 12.6. The fourth-order valence-corrected chi connectivity index (χ4v) is 3.88. The molecule has 6 nitrogen and oxygen atoms in total. The number of halogens is 2. The van der Waals surface area contributed by atoms with E-state index in [0.29, 0.717) is 38.5 Å². The van der Waals surface area contributed by atoms with E-state index in [1.165, 1.54) is 0 Å². The van der Waals surface area contributed by atoms with Crippen molar-refractivity contribution in [3.05, 3.63) is 35.9 Å². The lowest BCUT2D eigenvalue weighted by Crippen LogP contribution is -2.51. The Morgan fingerprint density at radius 2 is 1.71 bits per heavy atom. The van der Waals surface area contributed by atoms with Crippen molar-refractivity contribution in [1.82, 2.24) is 15.1 Å². The van der Waals surface area contributed by atoms with E-state index in [1.54, 1.807) is 0 Å². The van der Waals surface area contributed by atoms with E-state index in [1.807, 2.05) is 35.2 Å². The molecule has 0 bridgehead atoms. The van der Waals surface area contributed by atoms with Gasteiger partial charge in [0.05, 0.1) is 6.54 Å². The highest BCUT2D eigenvalue weighted by atomic mass is 35.5. The molecule has 1 saturated carbocycles. The largest absolute Gasteiger partial charge is 0.351 e. The average Bonchev–Trinajstić information content (AvgIpc) is 3.06. The average molecular weight is 431 g/mol. The number of amides is 2. The van der Waals surface area contributed by atoms with Crippen molar-refractivity contribution in [3.63, 3.8) is 0 Å². The third-order valence-electron chi connectivity index (χ3n) is 5.58. The van der Waals surface area contributed by atoms with Crippen LogP contribution in [0.15, 0.2) is 30.3 Å². The summed E-state index contributed by atoms with van der Waals surface area (Å²) in [5, 5.41) is 2.96. The highest BCUT2D eigenvalue weighted by molar-refractivity contribution is 5.85. The molecule has 0 radical (unpaired) electrons. The molecule has 1 aliphatic carbocycles. The van der Waals surface area contributed by atoms with Crippen molar-refractivity contribution in [2.75, 3.05) is 32.7 Å². The van der Waals surface area contributed by atoms with Crippen LogP contribution in [0.5, 0.6) is 0 Å². The van der Waals surface area contributed by atoms with Gasteiger partial charge in [-0.2, -0.15) is 0 Å². The lowest BCUT2D eigenvalue weighted by Gasteiger charge is -2.35. The van der Waals surface area contributed by atoms with Gasteiger partial charge < -0.3 is 16.0 Å². The maximum absolute atomic E-state index is 12.5. The van der Waals surface area contributed by atoms with Gasteiger partial charge in [0.1, 0.15) is 0 Å². The standard InChI is InChI=1S/C20H30N4O2.2ClH/c21-18-8-4-7-17(18)13-20(26)24-11-9-23(10-12-24)15-19(25)22-14-16-5-2-1-3-6-16;;/h1-3,5-6,17-18H,4,7-15,21H2,(H,22,25);2*1H/t17-,18+;;/m0../s1. The number of nitrogens with two attached hydrogens (primary N) is 1. The van der Waals surface area contributed by atoms with Crippen molar-refractivity contribution in [3.8, 4) is 0 Å². The van der Waals surface area contributed by atoms with Crippen LogP contribution in [0, 0.1) is 5.92 Å². The fraction of sp³-hybridized carbons (Fsp3) is 0.600. The van der Waals surface area contributed by atoms with Gasteiger partial charge >= 0.3 is 0 Å². The molecule has 2 amide bonds. The smallest absolute Gasteiger partial charge is 0.234 e. The predicted octanol–water partition coefficient (Wildman–Crippen LogP) is 1.81. The van der Waals surface area contributed by atoms with E-state index in [9.17, 15) is 9.59 Å². The van der Waals surface area contributed by atoms with Crippen LogP contribution in [0.1, 0.15) is 31.2 Å². The van der Waals surface area contributed by atoms with Crippen LogP contribution in [-0.4, -0.2) is 60.4 Å². The molecule has 3 rings (SSSR count). The number of hydrogen-bond acceptors (Lipinski definition) is 4. The molecule has 0 spiro atoms. The highest BCUT2D eigenvalue weighted by Gasteiger charge is 2.29. The first-order valence-corrected chi connectivity index (χ1v) is 9.68. The number of rotatable bonds is 6.